The van der Waals surface area contributed by atoms with Gasteiger partial charge in [-0.1, -0.05) is 6.07 Å². The lowest BCUT2D eigenvalue weighted by molar-refractivity contribution is -0.130. The zero-order valence-corrected chi connectivity index (χ0v) is 16.4. The third-order valence-electron chi connectivity index (χ3n) is 3.78. The van der Waals surface area contributed by atoms with Crippen LogP contribution in [0.1, 0.15) is 5.69 Å². The predicted molar refractivity (Wildman–Crippen MR) is 108 cm³/mol. The van der Waals surface area contributed by atoms with Crippen molar-refractivity contribution in [2.24, 2.45) is 0 Å². The highest BCUT2D eigenvalue weighted by molar-refractivity contribution is 7.13. The molecule has 0 fully saturated rings. The number of benzene rings is 1. The van der Waals surface area contributed by atoms with Crippen LogP contribution in [0, 0.1) is 0 Å². The topological polar surface area (TPSA) is 84.4 Å². The predicted octanol–water partition coefficient (Wildman–Crippen LogP) is 2.85. The Labute approximate surface area is 167 Å². The van der Waals surface area contributed by atoms with Crippen LogP contribution >= 0.6 is 11.3 Å². The van der Waals surface area contributed by atoms with Crippen molar-refractivity contribution >= 4 is 28.8 Å². The molecule has 0 aliphatic carbocycles. The maximum Gasteiger partial charge on any atom is 0.259 e. The molecular formula is C20H20N4O3S. The molecule has 3 aromatic rings. The van der Waals surface area contributed by atoms with Crippen molar-refractivity contribution in [3.8, 4) is 16.5 Å². The number of anilines is 1. The molecule has 3 rings (SSSR count). The quantitative estimate of drug-likeness (QED) is 0.664. The summed E-state index contributed by atoms with van der Waals surface area (Å²) in [5.41, 5.74) is 2.14. The Balaban J connectivity index is 1.52. The fourth-order valence-corrected chi connectivity index (χ4v) is 3.07. The number of hydrogen-bond acceptors (Lipinski definition) is 6. The minimum absolute atomic E-state index is 0.0267. The third kappa shape index (κ3) is 5.37. The molecule has 0 atom stereocenters. The largest absolute Gasteiger partial charge is 0.484 e. The first kappa shape index (κ1) is 19.5. The van der Waals surface area contributed by atoms with Gasteiger partial charge in [-0.2, -0.15) is 0 Å². The number of carbonyl (C=O) groups excluding carboxylic acids is 2. The maximum absolute atomic E-state index is 12.3. The summed E-state index contributed by atoms with van der Waals surface area (Å²) >= 11 is 1.46. The number of aromatic nitrogens is 2. The van der Waals surface area contributed by atoms with E-state index in [-0.39, 0.29) is 24.8 Å². The van der Waals surface area contributed by atoms with E-state index in [4.69, 9.17) is 4.74 Å². The van der Waals surface area contributed by atoms with Crippen molar-refractivity contribution in [3.05, 3.63) is 59.7 Å². The molecule has 28 heavy (non-hydrogen) atoms. The molecule has 7 nitrogen and oxygen atoms in total. The molecule has 0 aliphatic rings. The lowest BCUT2D eigenvalue weighted by Crippen LogP contribution is -2.27. The Bertz CT molecular complexity index is 940. The highest BCUT2D eigenvalue weighted by Crippen LogP contribution is 2.22. The van der Waals surface area contributed by atoms with Gasteiger partial charge in [0, 0.05) is 31.4 Å². The number of nitrogens with zero attached hydrogens (tertiary/aromatic N) is 3. The summed E-state index contributed by atoms with van der Waals surface area (Å²) in [6.07, 6.45) is 1.89. The van der Waals surface area contributed by atoms with E-state index in [0.29, 0.717) is 17.1 Å². The standard InChI is InChI=1S/C20H20N4O3S/c1-24(2)19(26)12-27-16-8-6-14(7-9-16)22-18(25)11-15-13-28-20(23-15)17-5-3-4-10-21-17/h3-10,13H,11-12H2,1-2H3,(H,22,25). The SMILES string of the molecule is CN(C)C(=O)COc1ccc(NC(=O)Cc2csc(-c3ccccn3)n2)cc1. The lowest BCUT2D eigenvalue weighted by Gasteiger charge is -2.11. The van der Waals surface area contributed by atoms with Crippen molar-refractivity contribution < 1.29 is 14.3 Å². The zero-order valence-electron chi connectivity index (χ0n) is 15.6. The first-order valence-corrected chi connectivity index (χ1v) is 9.48. The average molecular weight is 396 g/mol. The maximum atomic E-state index is 12.3. The first-order valence-electron chi connectivity index (χ1n) is 8.60. The third-order valence-corrected chi connectivity index (χ3v) is 4.69. The minimum atomic E-state index is -0.158. The van der Waals surface area contributed by atoms with Crippen LogP contribution in [-0.4, -0.2) is 47.4 Å². The normalized spacial score (nSPS) is 10.4. The van der Waals surface area contributed by atoms with Gasteiger partial charge in [-0.15, -0.1) is 11.3 Å². The Morgan fingerprint density at radius 3 is 2.61 bits per heavy atom. The fourth-order valence-electron chi connectivity index (χ4n) is 2.27. The van der Waals surface area contributed by atoms with Crippen LogP contribution in [0.25, 0.3) is 10.7 Å². The van der Waals surface area contributed by atoms with Crippen molar-refractivity contribution in [2.45, 2.75) is 6.42 Å². The van der Waals surface area contributed by atoms with E-state index in [2.05, 4.69) is 15.3 Å². The average Bonchev–Trinajstić information content (AvgIpc) is 3.16. The molecule has 144 valence electrons. The van der Waals surface area contributed by atoms with Crippen molar-refractivity contribution in [1.82, 2.24) is 14.9 Å². The van der Waals surface area contributed by atoms with Gasteiger partial charge in [0.25, 0.3) is 5.91 Å². The van der Waals surface area contributed by atoms with Gasteiger partial charge < -0.3 is 15.0 Å². The summed E-state index contributed by atoms with van der Waals surface area (Å²) in [6, 6.07) is 12.5. The van der Waals surface area contributed by atoms with Crippen LogP contribution in [0.2, 0.25) is 0 Å². The number of hydrogen-bond donors (Lipinski definition) is 1. The summed E-state index contributed by atoms with van der Waals surface area (Å²) in [4.78, 5) is 34.0. The zero-order chi connectivity index (χ0) is 19.9. The minimum Gasteiger partial charge on any atom is -0.484 e. The Morgan fingerprint density at radius 2 is 1.93 bits per heavy atom. The van der Waals surface area contributed by atoms with Crippen molar-refractivity contribution in [2.75, 3.05) is 26.0 Å². The number of nitrogens with one attached hydrogen (secondary N) is 1. The van der Waals surface area contributed by atoms with E-state index in [1.54, 1.807) is 44.6 Å². The number of pyridine rings is 1. The van der Waals surface area contributed by atoms with Crippen LogP contribution < -0.4 is 10.1 Å². The van der Waals surface area contributed by atoms with Gasteiger partial charge in [0.2, 0.25) is 5.91 Å². The van der Waals surface area contributed by atoms with Gasteiger partial charge >= 0.3 is 0 Å². The second kappa shape index (κ2) is 9.09. The van der Waals surface area contributed by atoms with Crippen LogP contribution in [0.5, 0.6) is 5.75 Å². The Kier molecular flexibility index (Phi) is 6.33. The molecule has 2 amide bonds. The fraction of sp³-hybridized carbons (Fsp3) is 0.200. The highest BCUT2D eigenvalue weighted by Gasteiger charge is 2.10. The van der Waals surface area contributed by atoms with Crippen molar-refractivity contribution in [3.63, 3.8) is 0 Å². The second-order valence-electron chi connectivity index (χ2n) is 6.19. The molecule has 2 aromatic heterocycles. The second-order valence-corrected chi connectivity index (χ2v) is 7.04. The summed E-state index contributed by atoms with van der Waals surface area (Å²) in [5, 5.41) is 5.48. The van der Waals surface area contributed by atoms with E-state index in [1.165, 1.54) is 16.2 Å². The summed E-state index contributed by atoms with van der Waals surface area (Å²) in [5.74, 6) is 0.285. The summed E-state index contributed by atoms with van der Waals surface area (Å²) in [6.45, 7) is -0.0267. The molecular weight excluding hydrogens is 376 g/mol. The number of likely N-dealkylation sites (N-methyl/N-ethyl adjacent to an activating group) is 1. The van der Waals surface area contributed by atoms with Gasteiger partial charge in [0.1, 0.15) is 10.8 Å². The molecule has 2 heterocycles. The van der Waals surface area contributed by atoms with Crippen LogP contribution in [-0.2, 0) is 16.0 Å². The van der Waals surface area contributed by atoms with E-state index >= 15 is 0 Å². The number of rotatable bonds is 7. The Morgan fingerprint density at radius 1 is 1.14 bits per heavy atom. The van der Waals surface area contributed by atoms with E-state index < -0.39 is 0 Å². The van der Waals surface area contributed by atoms with E-state index in [9.17, 15) is 9.59 Å². The highest BCUT2D eigenvalue weighted by atomic mass is 32.1. The van der Waals surface area contributed by atoms with Crippen molar-refractivity contribution in [1.29, 1.82) is 0 Å². The molecule has 0 spiro atoms. The van der Waals surface area contributed by atoms with E-state index in [1.807, 2.05) is 23.6 Å². The van der Waals surface area contributed by atoms with Crippen LogP contribution in [0.15, 0.2) is 54.0 Å². The molecule has 0 aliphatic heterocycles. The molecule has 1 N–H and O–H groups in total. The smallest absolute Gasteiger partial charge is 0.259 e. The van der Waals surface area contributed by atoms with Gasteiger partial charge in [-0.25, -0.2) is 4.98 Å². The molecule has 0 unspecified atom stereocenters. The van der Waals surface area contributed by atoms with Gasteiger partial charge in [-0.3, -0.25) is 14.6 Å². The molecule has 0 radical (unpaired) electrons. The summed E-state index contributed by atoms with van der Waals surface area (Å²) in [7, 11) is 3.35. The molecule has 0 bridgehead atoms. The first-order chi connectivity index (χ1) is 13.5. The molecule has 0 saturated carbocycles. The van der Waals surface area contributed by atoms with Gasteiger partial charge in [0.15, 0.2) is 6.61 Å². The monoisotopic (exact) mass is 396 g/mol. The Hall–Kier alpha value is -3.26. The van der Waals surface area contributed by atoms with Gasteiger partial charge in [0.05, 0.1) is 17.8 Å². The van der Waals surface area contributed by atoms with Crippen LogP contribution in [0.3, 0.4) is 0 Å². The summed E-state index contributed by atoms with van der Waals surface area (Å²) < 4.78 is 5.41. The lowest BCUT2D eigenvalue weighted by atomic mass is 10.2. The number of carbonyl (C=O) groups is 2. The van der Waals surface area contributed by atoms with Crippen LogP contribution in [0.4, 0.5) is 5.69 Å². The molecule has 1 aromatic carbocycles. The molecule has 8 heteroatoms. The number of thiazole rings is 1. The van der Waals surface area contributed by atoms with Gasteiger partial charge in [-0.05, 0) is 36.4 Å². The van der Waals surface area contributed by atoms with E-state index in [0.717, 1.165) is 10.7 Å². The number of ether oxygens (including phenoxy) is 1. The number of amides is 2. The molecule has 0 saturated heterocycles.